The predicted molar refractivity (Wildman–Crippen MR) is 242 cm³/mol. The molecule has 1 aliphatic rings. The first-order valence-electron chi connectivity index (χ1n) is 24.4. The monoisotopic (exact) mass is 915 g/mol. The number of ether oxygens (including phenoxy) is 15. The van der Waals surface area contributed by atoms with Crippen LogP contribution in [0, 0.1) is 17.8 Å². The third kappa shape index (κ3) is 47.7. The van der Waals surface area contributed by atoms with Crippen LogP contribution in [0.2, 0.25) is 0 Å². The lowest BCUT2D eigenvalue weighted by atomic mass is 9.83. The minimum absolute atomic E-state index is 0.0236. The molecule has 1 rings (SSSR count). The normalized spacial score (nSPS) is 16.1. The van der Waals surface area contributed by atoms with Gasteiger partial charge in [-0.05, 0) is 43.4 Å². The van der Waals surface area contributed by atoms with Crippen molar-refractivity contribution in [2.45, 2.75) is 91.1 Å². The maximum atomic E-state index is 8.60. The fourth-order valence-electron chi connectivity index (χ4n) is 6.66. The second kappa shape index (κ2) is 50.8. The Morgan fingerprint density at radius 2 is 0.603 bits per heavy atom. The van der Waals surface area contributed by atoms with Crippen LogP contribution in [0.25, 0.3) is 0 Å². The number of aliphatic hydroxyl groups excluding tert-OH is 1. The second-order valence-corrected chi connectivity index (χ2v) is 16.2. The average Bonchev–Trinajstić information content (AvgIpc) is 3.28. The summed E-state index contributed by atoms with van der Waals surface area (Å²) < 4.78 is 82.8. The molecule has 1 aliphatic carbocycles. The molecule has 1 atom stereocenters. The average molecular weight is 915 g/mol. The van der Waals surface area contributed by atoms with Crippen LogP contribution < -0.4 is 0 Å². The van der Waals surface area contributed by atoms with E-state index in [1.807, 2.05) is 0 Å². The van der Waals surface area contributed by atoms with Crippen LogP contribution in [-0.4, -0.2) is 209 Å². The van der Waals surface area contributed by atoms with Gasteiger partial charge in [0.25, 0.3) is 0 Å². The van der Waals surface area contributed by atoms with Crippen molar-refractivity contribution in [1.29, 1.82) is 0 Å². The Labute approximate surface area is 382 Å². The summed E-state index contributed by atoms with van der Waals surface area (Å²) in [5.74, 6) is 2.61. The van der Waals surface area contributed by atoms with E-state index in [1.165, 1.54) is 64.2 Å². The van der Waals surface area contributed by atoms with Gasteiger partial charge < -0.3 is 76.2 Å². The molecule has 0 aliphatic heterocycles. The van der Waals surface area contributed by atoms with Crippen molar-refractivity contribution in [2.75, 3.05) is 198 Å². The summed E-state index contributed by atoms with van der Waals surface area (Å²) in [6.07, 6.45) is 13.8. The second-order valence-electron chi connectivity index (χ2n) is 16.2. The van der Waals surface area contributed by atoms with E-state index in [9.17, 15) is 0 Å². The van der Waals surface area contributed by atoms with Crippen LogP contribution >= 0.6 is 0 Å². The van der Waals surface area contributed by atoms with Gasteiger partial charge in [0, 0.05) is 0 Å². The number of hydrogen-bond donors (Lipinski definition) is 1. The smallest absolute Gasteiger partial charge is 0.0704 e. The Kier molecular flexibility index (Phi) is 48.7. The lowest BCUT2D eigenvalue weighted by Crippen LogP contribution is -2.23. The molecule has 0 heterocycles. The van der Waals surface area contributed by atoms with Gasteiger partial charge in [0.15, 0.2) is 0 Å². The van der Waals surface area contributed by atoms with E-state index in [4.69, 9.17) is 76.2 Å². The molecule has 1 N–H and O–H groups in total. The Bertz CT molecular complexity index is 854. The Hall–Kier alpha value is -0.640. The number of hydrogen-bond acceptors (Lipinski definition) is 16. The third-order valence-corrected chi connectivity index (χ3v) is 10.2. The van der Waals surface area contributed by atoms with Crippen molar-refractivity contribution in [3.63, 3.8) is 0 Å². The van der Waals surface area contributed by atoms with Crippen LogP contribution in [0.4, 0.5) is 0 Å². The highest BCUT2D eigenvalue weighted by atomic mass is 16.6. The summed E-state index contributed by atoms with van der Waals surface area (Å²) in [4.78, 5) is 0. The zero-order valence-electron chi connectivity index (χ0n) is 40.2. The van der Waals surface area contributed by atoms with Crippen LogP contribution in [0.5, 0.6) is 0 Å². The minimum Gasteiger partial charge on any atom is -0.394 e. The fourth-order valence-corrected chi connectivity index (χ4v) is 6.66. The Morgan fingerprint density at radius 1 is 0.333 bits per heavy atom. The third-order valence-electron chi connectivity index (χ3n) is 10.2. The van der Waals surface area contributed by atoms with Gasteiger partial charge >= 0.3 is 0 Å². The van der Waals surface area contributed by atoms with Crippen LogP contribution in [-0.2, 0) is 71.1 Å². The fraction of sp³-hybridized carbons (Fsp3) is 1.00. The molecule has 16 heteroatoms. The van der Waals surface area contributed by atoms with Gasteiger partial charge in [-0.3, -0.25) is 0 Å². The van der Waals surface area contributed by atoms with Crippen molar-refractivity contribution in [3.8, 4) is 0 Å². The van der Waals surface area contributed by atoms with E-state index in [1.54, 1.807) is 0 Å². The van der Waals surface area contributed by atoms with Gasteiger partial charge in [0.1, 0.15) is 0 Å². The van der Waals surface area contributed by atoms with E-state index in [0.29, 0.717) is 198 Å². The molecule has 0 saturated heterocycles. The molecule has 1 saturated carbocycles. The standard InChI is InChI=1S/C47H94O16/c1-44(2)6-4-7-45(3)8-5-9-46-10-12-47(13-11-46)63-43-42-62-41-40-61-39-38-60-37-36-59-35-34-58-33-32-57-31-30-56-29-28-55-27-26-54-25-24-53-23-22-52-21-20-51-19-18-50-17-16-49-15-14-48/h44-48H,4-43H2,1-3H3. The number of rotatable bonds is 53. The lowest BCUT2D eigenvalue weighted by Gasteiger charge is -2.28. The largest absolute Gasteiger partial charge is 0.394 e. The quantitative estimate of drug-likeness (QED) is 0.0771. The molecule has 1 unspecified atom stereocenters. The molecule has 0 bridgehead atoms. The first-order valence-corrected chi connectivity index (χ1v) is 24.4. The summed E-state index contributed by atoms with van der Waals surface area (Å²) >= 11 is 0. The zero-order chi connectivity index (χ0) is 45.2. The molecule has 0 aromatic heterocycles. The molecular weight excluding hydrogens is 821 g/mol. The highest BCUT2D eigenvalue weighted by molar-refractivity contribution is 4.73. The topological polar surface area (TPSA) is 159 Å². The summed E-state index contributed by atoms with van der Waals surface area (Å²) in [6, 6.07) is 0. The molecule has 16 nitrogen and oxygen atoms in total. The van der Waals surface area contributed by atoms with Gasteiger partial charge in [0.2, 0.25) is 0 Å². The first kappa shape index (κ1) is 60.4. The summed E-state index contributed by atoms with van der Waals surface area (Å²) in [5.41, 5.74) is 0. The van der Waals surface area contributed by atoms with Crippen LogP contribution in [0.15, 0.2) is 0 Å². The Balaban J connectivity index is 1.64. The molecule has 63 heavy (non-hydrogen) atoms. The van der Waals surface area contributed by atoms with E-state index in [-0.39, 0.29) is 6.61 Å². The van der Waals surface area contributed by atoms with E-state index in [0.717, 1.165) is 17.8 Å². The van der Waals surface area contributed by atoms with Crippen LogP contribution in [0.1, 0.15) is 85.0 Å². The SMILES string of the molecule is CC(C)CCCC(C)CCCC1CCC(OCCOCCOCCOCCOCCOCCOCCOCCOCCOCCOCCOCCOCCOCCOCCO)CC1. The molecule has 0 radical (unpaired) electrons. The summed E-state index contributed by atoms with van der Waals surface area (Å²) in [7, 11) is 0. The van der Waals surface area contributed by atoms with E-state index >= 15 is 0 Å². The van der Waals surface area contributed by atoms with Crippen molar-refractivity contribution < 1.29 is 76.2 Å². The van der Waals surface area contributed by atoms with E-state index in [2.05, 4.69) is 20.8 Å². The molecule has 1 fully saturated rings. The maximum absolute atomic E-state index is 8.60. The predicted octanol–water partition coefficient (Wildman–Crippen LogP) is 5.42. The molecular formula is C47H94O16. The lowest BCUT2D eigenvalue weighted by molar-refractivity contribution is -0.0358. The molecule has 0 aromatic rings. The van der Waals surface area contributed by atoms with Crippen molar-refractivity contribution in [1.82, 2.24) is 0 Å². The van der Waals surface area contributed by atoms with E-state index < -0.39 is 0 Å². The highest BCUT2D eigenvalue weighted by Crippen LogP contribution is 2.30. The zero-order valence-corrected chi connectivity index (χ0v) is 40.2. The van der Waals surface area contributed by atoms with Gasteiger partial charge in [-0.1, -0.05) is 59.3 Å². The van der Waals surface area contributed by atoms with Gasteiger partial charge in [-0.15, -0.1) is 0 Å². The van der Waals surface area contributed by atoms with Crippen molar-refractivity contribution >= 4 is 0 Å². The molecule has 0 spiro atoms. The van der Waals surface area contributed by atoms with Crippen molar-refractivity contribution in [3.05, 3.63) is 0 Å². The first-order chi connectivity index (χ1) is 31.1. The van der Waals surface area contributed by atoms with Crippen molar-refractivity contribution in [2.24, 2.45) is 17.8 Å². The molecule has 0 amide bonds. The number of aliphatic hydroxyl groups is 1. The maximum Gasteiger partial charge on any atom is 0.0704 e. The van der Waals surface area contributed by atoms with Gasteiger partial charge in [0.05, 0.1) is 204 Å². The summed E-state index contributed by atoms with van der Waals surface area (Å²) in [5, 5.41) is 8.60. The molecule has 0 aromatic carbocycles. The summed E-state index contributed by atoms with van der Waals surface area (Å²) in [6.45, 7) is 22.0. The minimum atomic E-state index is 0.0236. The van der Waals surface area contributed by atoms with Crippen LogP contribution in [0.3, 0.4) is 0 Å². The van der Waals surface area contributed by atoms with Gasteiger partial charge in [-0.2, -0.15) is 0 Å². The molecule has 378 valence electrons. The van der Waals surface area contributed by atoms with Gasteiger partial charge in [-0.25, -0.2) is 0 Å². The Morgan fingerprint density at radius 3 is 0.889 bits per heavy atom. The highest BCUT2D eigenvalue weighted by Gasteiger charge is 2.21.